The van der Waals surface area contributed by atoms with Gasteiger partial charge in [0.2, 0.25) is 0 Å². The number of hydrogen-bond acceptors (Lipinski definition) is 4. The first-order valence-corrected chi connectivity index (χ1v) is 9.88. The fourth-order valence-electron chi connectivity index (χ4n) is 2.83. The molecule has 3 N–H and O–H groups in total. The second-order valence-corrected chi connectivity index (χ2v) is 6.93. The van der Waals surface area contributed by atoms with Crippen LogP contribution >= 0.6 is 0 Å². The number of aryl methyl sites for hydroxylation is 4. The van der Waals surface area contributed by atoms with Crippen molar-refractivity contribution in [3.05, 3.63) is 47.3 Å². The van der Waals surface area contributed by atoms with E-state index in [1.165, 1.54) is 5.69 Å². The Hall–Kier alpha value is -2.54. The number of nitrogens with zero attached hydrogens (tertiary/aromatic N) is 3. The van der Waals surface area contributed by atoms with Crippen LogP contribution in [0.5, 0.6) is 5.75 Å². The molecule has 1 aromatic carbocycles. The monoisotopic (exact) mass is 387 g/mol. The van der Waals surface area contributed by atoms with E-state index in [1.54, 1.807) is 0 Å². The van der Waals surface area contributed by atoms with Gasteiger partial charge in [0.15, 0.2) is 5.96 Å². The molecule has 0 aliphatic heterocycles. The number of nitrogens with one attached hydrogen (secondary N) is 2. The highest BCUT2D eigenvalue weighted by molar-refractivity contribution is 5.79. The molecule has 0 spiro atoms. The van der Waals surface area contributed by atoms with Gasteiger partial charge in [-0.15, -0.1) is 0 Å². The van der Waals surface area contributed by atoms with Gasteiger partial charge in [-0.1, -0.05) is 12.1 Å². The fourth-order valence-corrected chi connectivity index (χ4v) is 2.83. The summed E-state index contributed by atoms with van der Waals surface area (Å²) in [6.07, 6.45) is 0.274. The molecule has 0 bridgehead atoms. The van der Waals surface area contributed by atoms with E-state index in [0.29, 0.717) is 5.96 Å². The van der Waals surface area contributed by atoms with Crippen molar-refractivity contribution >= 4 is 5.96 Å². The smallest absolute Gasteiger partial charge is 0.191 e. The highest BCUT2D eigenvalue weighted by atomic mass is 16.5. The Bertz CT molecular complexity index is 757. The summed E-state index contributed by atoms with van der Waals surface area (Å²) in [5.74, 6) is 1.46. The molecule has 1 atom stereocenters. The average Bonchev–Trinajstić information content (AvgIpc) is 2.98. The lowest BCUT2D eigenvalue weighted by atomic mass is 10.2. The standard InChI is InChI=1S/C21H33N5O2/c1-5-22-21(23-10-7-11-26-18(4)13-17(3)25-26)24-14-19(27)15-28-20-9-6-8-16(2)12-20/h6,8-9,12-13,19,27H,5,7,10-11,14-15H2,1-4H3,(H2,22,23,24). The van der Waals surface area contributed by atoms with E-state index >= 15 is 0 Å². The number of aliphatic hydroxyl groups excluding tert-OH is 1. The predicted molar refractivity (Wildman–Crippen MR) is 113 cm³/mol. The third kappa shape index (κ3) is 7.60. The van der Waals surface area contributed by atoms with E-state index in [-0.39, 0.29) is 13.2 Å². The highest BCUT2D eigenvalue weighted by Gasteiger charge is 2.06. The van der Waals surface area contributed by atoms with E-state index in [0.717, 1.165) is 43.1 Å². The molecule has 1 aromatic heterocycles. The third-order valence-electron chi connectivity index (χ3n) is 4.18. The molecule has 1 unspecified atom stereocenters. The molecule has 7 heteroatoms. The molecule has 0 aliphatic rings. The number of aliphatic hydroxyl groups is 1. The van der Waals surface area contributed by atoms with Gasteiger partial charge in [0, 0.05) is 25.3 Å². The number of ether oxygens (including phenoxy) is 1. The highest BCUT2D eigenvalue weighted by Crippen LogP contribution is 2.12. The molecule has 0 saturated heterocycles. The summed E-state index contributed by atoms with van der Waals surface area (Å²) in [5, 5.41) is 21.1. The second-order valence-electron chi connectivity index (χ2n) is 6.93. The van der Waals surface area contributed by atoms with Gasteiger partial charge in [-0.25, -0.2) is 0 Å². The number of aromatic nitrogens is 2. The molecule has 0 fully saturated rings. The second kappa shape index (κ2) is 11.3. The molecule has 1 heterocycles. The Morgan fingerprint density at radius 1 is 1.25 bits per heavy atom. The Balaban J connectivity index is 1.73. The Morgan fingerprint density at radius 2 is 2.07 bits per heavy atom. The van der Waals surface area contributed by atoms with Crippen molar-refractivity contribution < 1.29 is 9.84 Å². The first-order valence-electron chi connectivity index (χ1n) is 9.88. The van der Waals surface area contributed by atoms with Gasteiger partial charge in [-0.05, 0) is 57.9 Å². The molecule has 154 valence electrons. The molecular formula is C21H33N5O2. The van der Waals surface area contributed by atoms with Crippen LogP contribution in [0.25, 0.3) is 0 Å². The zero-order chi connectivity index (χ0) is 20.4. The van der Waals surface area contributed by atoms with Crippen LogP contribution in [-0.2, 0) is 6.54 Å². The van der Waals surface area contributed by atoms with Crippen LogP contribution in [-0.4, -0.2) is 53.2 Å². The molecule has 28 heavy (non-hydrogen) atoms. The molecule has 0 aliphatic carbocycles. The maximum Gasteiger partial charge on any atom is 0.191 e. The molecule has 7 nitrogen and oxygen atoms in total. The van der Waals surface area contributed by atoms with Crippen LogP contribution in [0.4, 0.5) is 0 Å². The van der Waals surface area contributed by atoms with Crippen LogP contribution in [0.3, 0.4) is 0 Å². The maximum absolute atomic E-state index is 10.2. The summed E-state index contributed by atoms with van der Waals surface area (Å²) < 4.78 is 7.65. The van der Waals surface area contributed by atoms with Gasteiger partial charge < -0.3 is 20.5 Å². The molecule has 0 saturated carbocycles. The third-order valence-corrected chi connectivity index (χ3v) is 4.18. The summed E-state index contributed by atoms with van der Waals surface area (Å²) in [6.45, 7) is 11.0. The van der Waals surface area contributed by atoms with Crippen molar-refractivity contribution in [1.29, 1.82) is 0 Å². The van der Waals surface area contributed by atoms with Gasteiger partial charge in [0.05, 0.1) is 12.2 Å². The van der Waals surface area contributed by atoms with E-state index in [4.69, 9.17) is 4.74 Å². The minimum Gasteiger partial charge on any atom is -0.491 e. The van der Waals surface area contributed by atoms with Gasteiger partial charge in [0.25, 0.3) is 0 Å². The van der Waals surface area contributed by atoms with Crippen molar-refractivity contribution in [2.24, 2.45) is 4.99 Å². The van der Waals surface area contributed by atoms with E-state index in [2.05, 4.69) is 33.7 Å². The van der Waals surface area contributed by atoms with Gasteiger partial charge in [-0.3, -0.25) is 9.67 Å². The normalized spacial score (nSPS) is 12.7. The largest absolute Gasteiger partial charge is 0.491 e. The van der Waals surface area contributed by atoms with Crippen molar-refractivity contribution in [2.45, 2.75) is 46.8 Å². The molecule has 0 radical (unpaired) electrons. The molecule has 2 rings (SSSR count). The van der Waals surface area contributed by atoms with E-state index in [1.807, 2.05) is 49.7 Å². The first kappa shape index (κ1) is 21.8. The van der Waals surface area contributed by atoms with Crippen LogP contribution in [0.15, 0.2) is 35.3 Å². The van der Waals surface area contributed by atoms with Crippen LogP contribution in [0.1, 0.15) is 30.3 Å². The topological polar surface area (TPSA) is 83.7 Å². The quantitative estimate of drug-likeness (QED) is 0.331. The van der Waals surface area contributed by atoms with E-state index in [9.17, 15) is 5.11 Å². The van der Waals surface area contributed by atoms with Crippen molar-refractivity contribution in [1.82, 2.24) is 20.4 Å². The summed E-state index contributed by atoms with van der Waals surface area (Å²) in [7, 11) is 0. The Labute approximate surface area is 167 Å². The maximum atomic E-state index is 10.2. The predicted octanol–water partition coefficient (Wildman–Crippen LogP) is 2.19. The summed E-state index contributed by atoms with van der Waals surface area (Å²) in [4.78, 5) is 4.45. The summed E-state index contributed by atoms with van der Waals surface area (Å²) in [5.41, 5.74) is 3.35. The average molecular weight is 388 g/mol. The van der Waals surface area contributed by atoms with Crippen molar-refractivity contribution in [2.75, 3.05) is 26.2 Å². The van der Waals surface area contributed by atoms with Crippen LogP contribution < -0.4 is 15.4 Å². The summed E-state index contributed by atoms with van der Waals surface area (Å²) in [6, 6.07) is 9.87. The zero-order valence-electron chi connectivity index (χ0n) is 17.4. The van der Waals surface area contributed by atoms with Gasteiger partial charge >= 0.3 is 0 Å². The number of guanidine groups is 1. The van der Waals surface area contributed by atoms with E-state index < -0.39 is 6.10 Å². The van der Waals surface area contributed by atoms with Crippen LogP contribution in [0, 0.1) is 20.8 Å². The van der Waals surface area contributed by atoms with Crippen LogP contribution in [0.2, 0.25) is 0 Å². The number of rotatable bonds is 10. The summed E-state index contributed by atoms with van der Waals surface area (Å²) >= 11 is 0. The molecule has 2 aromatic rings. The van der Waals surface area contributed by atoms with Crippen molar-refractivity contribution in [3.63, 3.8) is 0 Å². The zero-order valence-corrected chi connectivity index (χ0v) is 17.4. The minimum atomic E-state index is -0.661. The lowest BCUT2D eigenvalue weighted by molar-refractivity contribution is 0.114. The Kier molecular flexibility index (Phi) is 8.81. The molecular weight excluding hydrogens is 354 g/mol. The number of hydrogen-bond donors (Lipinski definition) is 3. The fraction of sp³-hybridized carbons (Fsp3) is 0.524. The number of benzene rings is 1. The SMILES string of the molecule is CCNC(=NCC(O)COc1cccc(C)c1)NCCCn1nc(C)cc1C. The lowest BCUT2D eigenvalue weighted by Crippen LogP contribution is -2.39. The molecule has 0 amide bonds. The van der Waals surface area contributed by atoms with Crippen molar-refractivity contribution in [3.8, 4) is 5.75 Å². The minimum absolute atomic E-state index is 0.213. The Morgan fingerprint density at radius 3 is 2.75 bits per heavy atom. The first-order chi connectivity index (χ1) is 13.5. The van der Waals surface area contributed by atoms with Gasteiger partial charge in [-0.2, -0.15) is 5.10 Å². The van der Waals surface area contributed by atoms with Gasteiger partial charge in [0.1, 0.15) is 18.5 Å². The number of aliphatic imine (C=N–C) groups is 1. The lowest BCUT2D eigenvalue weighted by Gasteiger charge is -2.14.